The Morgan fingerprint density at radius 3 is 2.84 bits per heavy atom. The molecule has 0 radical (unpaired) electrons. The molecule has 0 fully saturated rings. The summed E-state index contributed by atoms with van der Waals surface area (Å²) in [5, 5.41) is 2.74. The van der Waals surface area contributed by atoms with Gasteiger partial charge in [-0.3, -0.25) is 9.78 Å². The SMILES string of the molecule is Cc1cc(Cl)c(C(=O)Nc2cc(Br)ccc2F)cn1. The maximum Gasteiger partial charge on any atom is 0.258 e. The maximum absolute atomic E-state index is 13.5. The van der Waals surface area contributed by atoms with Gasteiger partial charge in [0.2, 0.25) is 0 Å². The van der Waals surface area contributed by atoms with Crippen LogP contribution in [0.3, 0.4) is 0 Å². The summed E-state index contributed by atoms with van der Waals surface area (Å²) in [6, 6.07) is 5.86. The van der Waals surface area contributed by atoms with Crippen LogP contribution in [-0.4, -0.2) is 10.9 Å². The first-order valence-corrected chi connectivity index (χ1v) is 6.53. The zero-order valence-electron chi connectivity index (χ0n) is 9.88. The van der Waals surface area contributed by atoms with Crippen LogP contribution in [0.1, 0.15) is 16.1 Å². The third-order valence-electron chi connectivity index (χ3n) is 2.41. The number of nitrogens with zero attached hydrogens (tertiary/aromatic N) is 1. The van der Waals surface area contributed by atoms with Crippen molar-refractivity contribution in [3.05, 3.63) is 57.0 Å². The van der Waals surface area contributed by atoms with Gasteiger partial charge in [-0.25, -0.2) is 4.39 Å². The van der Waals surface area contributed by atoms with Crippen molar-refractivity contribution in [2.45, 2.75) is 6.92 Å². The monoisotopic (exact) mass is 342 g/mol. The van der Waals surface area contributed by atoms with Crippen molar-refractivity contribution < 1.29 is 9.18 Å². The molecule has 98 valence electrons. The van der Waals surface area contributed by atoms with E-state index in [4.69, 9.17) is 11.6 Å². The second kappa shape index (κ2) is 5.67. The van der Waals surface area contributed by atoms with Crippen molar-refractivity contribution in [2.75, 3.05) is 5.32 Å². The highest BCUT2D eigenvalue weighted by Crippen LogP contribution is 2.22. The van der Waals surface area contributed by atoms with Crippen LogP contribution in [0.4, 0.5) is 10.1 Å². The Kier molecular flexibility index (Phi) is 4.17. The summed E-state index contributed by atoms with van der Waals surface area (Å²) in [6.07, 6.45) is 1.36. The van der Waals surface area contributed by atoms with Crippen LogP contribution in [0, 0.1) is 12.7 Å². The normalized spacial score (nSPS) is 10.3. The lowest BCUT2D eigenvalue weighted by Crippen LogP contribution is -2.14. The van der Waals surface area contributed by atoms with Crippen LogP contribution in [0.5, 0.6) is 0 Å². The van der Waals surface area contributed by atoms with Crippen molar-refractivity contribution in [2.24, 2.45) is 0 Å². The zero-order chi connectivity index (χ0) is 14.0. The smallest absolute Gasteiger partial charge is 0.258 e. The van der Waals surface area contributed by atoms with E-state index in [2.05, 4.69) is 26.2 Å². The van der Waals surface area contributed by atoms with Crippen molar-refractivity contribution >= 4 is 39.1 Å². The molecule has 0 unspecified atom stereocenters. The van der Waals surface area contributed by atoms with Crippen molar-refractivity contribution in [1.29, 1.82) is 0 Å². The second-order valence-electron chi connectivity index (χ2n) is 3.88. The van der Waals surface area contributed by atoms with Crippen LogP contribution in [0.2, 0.25) is 5.02 Å². The molecule has 0 bridgehead atoms. The molecule has 1 N–H and O–H groups in total. The highest BCUT2D eigenvalue weighted by Gasteiger charge is 2.13. The molecule has 0 atom stereocenters. The van der Waals surface area contributed by atoms with Crippen LogP contribution >= 0.6 is 27.5 Å². The molecule has 1 aromatic carbocycles. The summed E-state index contributed by atoms with van der Waals surface area (Å²) in [4.78, 5) is 16.0. The molecule has 0 aliphatic rings. The number of nitrogens with one attached hydrogen (secondary N) is 1. The number of hydrogen-bond donors (Lipinski definition) is 1. The van der Waals surface area contributed by atoms with Gasteiger partial charge in [0.25, 0.3) is 5.91 Å². The number of carbonyl (C=O) groups excluding carboxylic acids is 1. The highest BCUT2D eigenvalue weighted by atomic mass is 79.9. The molecule has 2 rings (SSSR count). The number of halogens is 3. The number of carbonyl (C=O) groups is 1. The number of pyridine rings is 1. The van der Waals surface area contributed by atoms with Gasteiger partial charge in [0.05, 0.1) is 16.3 Å². The molecule has 1 heterocycles. The number of anilines is 1. The summed E-state index contributed by atoms with van der Waals surface area (Å²) in [6.45, 7) is 1.77. The van der Waals surface area contributed by atoms with E-state index in [-0.39, 0.29) is 16.3 Å². The summed E-state index contributed by atoms with van der Waals surface area (Å²) < 4.78 is 14.2. The number of hydrogen-bond acceptors (Lipinski definition) is 2. The lowest BCUT2D eigenvalue weighted by Gasteiger charge is -2.08. The zero-order valence-corrected chi connectivity index (χ0v) is 12.2. The predicted octanol–water partition coefficient (Wildman–Crippen LogP) is 4.20. The Morgan fingerprint density at radius 1 is 1.42 bits per heavy atom. The molecule has 1 amide bonds. The minimum absolute atomic E-state index is 0.0796. The molecule has 0 saturated carbocycles. The van der Waals surface area contributed by atoms with Gasteiger partial charge >= 0.3 is 0 Å². The summed E-state index contributed by atoms with van der Waals surface area (Å²) in [5.74, 6) is -1.03. The standard InChI is InChI=1S/C13H9BrClFN2O/c1-7-4-10(15)9(6-17-7)13(19)18-12-5-8(14)2-3-11(12)16/h2-6H,1H3,(H,18,19). The van der Waals surface area contributed by atoms with E-state index in [1.54, 1.807) is 19.1 Å². The van der Waals surface area contributed by atoms with Crippen molar-refractivity contribution in [1.82, 2.24) is 4.98 Å². The van der Waals surface area contributed by atoms with E-state index in [0.717, 1.165) is 0 Å². The first-order chi connectivity index (χ1) is 8.97. The molecular weight excluding hydrogens is 335 g/mol. The average molecular weight is 344 g/mol. The number of amides is 1. The van der Waals surface area contributed by atoms with Gasteiger partial charge in [0.15, 0.2) is 0 Å². The van der Waals surface area contributed by atoms with Gasteiger partial charge in [-0.15, -0.1) is 0 Å². The average Bonchev–Trinajstić information content (AvgIpc) is 2.33. The molecule has 3 nitrogen and oxygen atoms in total. The Bertz CT molecular complexity index is 649. The number of aromatic nitrogens is 1. The Balaban J connectivity index is 2.28. The molecule has 0 spiro atoms. The third kappa shape index (κ3) is 3.30. The van der Waals surface area contributed by atoms with Gasteiger partial charge in [0.1, 0.15) is 5.82 Å². The molecule has 0 aliphatic carbocycles. The Labute approximate surface area is 122 Å². The van der Waals surface area contributed by atoms with E-state index in [1.165, 1.54) is 18.3 Å². The van der Waals surface area contributed by atoms with Crippen LogP contribution in [0.25, 0.3) is 0 Å². The molecular formula is C13H9BrClFN2O. The molecule has 1 aromatic heterocycles. The summed E-state index contributed by atoms with van der Waals surface area (Å²) in [7, 11) is 0. The number of benzene rings is 1. The number of rotatable bonds is 2. The van der Waals surface area contributed by atoms with Gasteiger partial charge < -0.3 is 5.32 Å². The maximum atomic E-state index is 13.5. The van der Waals surface area contributed by atoms with E-state index in [1.807, 2.05) is 0 Å². The predicted molar refractivity (Wildman–Crippen MR) is 76.0 cm³/mol. The largest absolute Gasteiger partial charge is 0.319 e. The fraction of sp³-hybridized carbons (Fsp3) is 0.0769. The Morgan fingerprint density at radius 2 is 2.16 bits per heavy atom. The number of aryl methyl sites for hydroxylation is 1. The lowest BCUT2D eigenvalue weighted by atomic mass is 10.2. The lowest BCUT2D eigenvalue weighted by molar-refractivity contribution is 0.102. The summed E-state index contributed by atoms with van der Waals surface area (Å²) >= 11 is 9.17. The molecule has 19 heavy (non-hydrogen) atoms. The fourth-order valence-corrected chi connectivity index (χ4v) is 2.13. The minimum Gasteiger partial charge on any atom is -0.319 e. The molecule has 0 aliphatic heterocycles. The van der Waals surface area contributed by atoms with Crippen molar-refractivity contribution in [3.63, 3.8) is 0 Å². The van der Waals surface area contributed by atoms with Crippen LogP contribution < -0.4 is 5.32 Å². The molecule has 0 saturated heterocycles. The van der Waals surface area contributed by atoms with E-state index >= 15 is 0 Å². The van der Waals surface area contributed by atoms with Crippen LogP contribution in [0.15, 0.2) is 34.9 Å². The second-order valence-corrected chi connectivity index (χ2v) is 5.21. The highest BCUT2D eigenvalue weighted by molar-refractivity contribution is 9.10. The van der Waals surface area contributed by atoms with Gasteiger partial charge in [0, 0.05) is 16.4 Å². The van der Waals surface area contributed by atoms with Gasteiger partial charge in [-0.2, -0.15) is 0 Å². The van der Waals surface area contributed by atoms with Gasteiger partial charge in [-0.05, 0) is 31.2 Å². The fourth-order valence-electron chi connectivity index (χ4n) is 1.48. The first kappa shape index (κ1) is 14.0. The van der Waals surface area contributed by atoms with Gasteiger partial charge in [-0.1, -0.05) is 27.5 Å². The Hall–Kier alpha value is -1.46. The summed E-state index contributed by atoms with van der Waals surface area (Å²) in [5.41, 5.74) is 0.984. The first-order valence-electron chi connectivity index (χ1n) is 5.36. The topological polar surface area (TPSA) is 42.0 Å². The molecule has 2 aromatic rings. The van der Waals surface area contributed by atoms with E-state index < -0.39 is 11.7 Å². The minimum atomic E-state index is -0.521. The molecule has 6 heteroatoms. The van der Waals surface area contributed by atoms with Crippen molar-refractivity contribution in [3.8, 4) is 0 Å². The van der Waals surface area contributed by atoms with Crippen LogP contribution in [-0.2, 0) is 0 Å². The van der Waals surface area contributed by atoms with E-state index in [9.17, 15) is 9.18 Å². The quantitative estimate of drug-likeness (QED) is 0.888. The third-order valence-corrected chi connectivity index (χ3v) is 3.22. The van der Waals surface area contributed by atoms with E-state index in [0.29, 0.717) is 10.2 Å².